The molecule has 0 aliphatic heterocycles. The van der Waals surface area contributed by atoms with Crippen molar-refractivity contribution in [1.29, 1.82) is 0 Å². The average Bonchev–Trinajstić information content (AvgIpc) is 2.02. The standard InChI is InChI=1S/C10H25N3/c1-9(2)12-6-8-13(7-5-11)10(3)4/h9-10,12H,5-8,11H2,1-4H3. The maximum atomic E-state index is 5.54. The highest BCUT2D eigenvalue weighted by atomic mass is 15.2. The summed E-state index contributed by atoms with van der Waals surface area (Å²) in [4.78, 5) is 2.40. The van der Waals surface area contributed by atoms with Crippen LogP contribution in [0.2, 0.25) is 0 Å². The molecule has 0 rings (SSSR count). The van der Waals surface area contributed by atoms with E-state index >= 15 is 0 Å². The van der Waals surface area contributed by atoms with Crippen molar-refractivity contribution in [2.75, 3.05) is 26.2 Å². The van der Waals surface area contributed by atoms with Gasteiger partial charge in [-0.05, 0) is 13.8 Å². The second-order valence-electron chi connectivity index (χ2n) is 4.03. The molecule has 0 saturated heterocycles. The fourth-order valence-electron chi connectivity index (χ4n) is 1.29. The van der Waals surface area contributed by atoms with Crippen molar-refractivity contribution >= 4 is 0 Å². The van der Waals surface area contributed by atoms with E-state index in [1.165, 1.54) is 0 Å². The first-order valence-electron chi connectivity index (χ1n) is 5.25. The molecule has 0 heterocycles. The number of nitrogens with two attached hydrogens (primary N) is 1. The Labute approximate surface area is 82.7 Å². The summed E-state index contributed by atoms with van der Waals surface area (Å²) in [7, 11) is 0. The van der Waals surface area contributed by atoms with E-state index in [1.54, 1.807) is 0 Å². The Balaban J connectivity index is 3.57. The van der Waals surface area contributed by atoms with Gasteiger partial charge in [0.2, 0.25) is 0 Å². The van der Waals surface area contributed by atoms with Gasteiger partial charge < -0.3 is 11.1 Å². The Morgan fingerprint density at radius 3 is 2.15 bits per heavy atom. The highest BCUT2D eigenvalue weighted by Crippen LogP contribution is 1.95. The first-order valence-corrected chi connectivity index (χ1v) is 5.25. The van der Waals surface area contributed by atoms with Gasteiger partial charge in [0.05, 0.1) is 0 Å². The summed E-state index contributed by atoms with van der Waals surface area (Å²) in [5.41, 5.74) is 5.54. The SMILES string of the molecule is CC(C)NCCN(CCN)C(C)C. The van der Waals surface area contributed by atoms with Crippen molar-refractivity contribution in [1.82, 2.24) is 10.2 Å². The van der Waals surface area contributed by atoms with Crippen LogP contribution < -0.4 is 11.1 Å². The summed E-state index contributed by atoms with van der Waals surface area (Å²) in [6.07, 6.45) is 0. The lowest BCUT2D eigenvalue weighted by Gasteiger charge is -2.26. The molecule has 0 saturated carbocycles. The van der Waals surface area contributed by atoms with Crippen LogP contribution in [0.4, 0.5) is 0 Å². The molecule has 0 bridgehead atoms. The van der Waals surface area contributed by atoms with Crippen LogP contribution in [-0.2, 0) is 0 Å². The van der Waals surface area contributed by atoms with Gasteiger partial charge in [-0.25, -0.2) is 0 Å². The van der Waals surface area contributed by atoms with Crippen molar-refractivity contribution in [3.05, 3.63) is 0 Å². The molecule has 0 aliphatic rings. The van der Waals surface area contributed by atoms with E-state index in [0.717, 1.165) is 26.2 Å². The van der Waals surface area contributed by atoms with Gasteiger partial charge in [-0.3, -0.25) is 4.90 Å². The van der Waals surface area contributed by atoms with Gasteiger partial charge in [0.15, 0.2) is 0 Å². The third kappa shape index (κ3) is 6.99. The summed E-state index contributed by atoms with van der Waals surface area (Å²) in [5.74, 6) is 0. The number of nitrogens with one attached hydrogen (secondary N) is 1. The lowest BCUT2D eigenvalue weighted by Crippen LogP contribution is -2.41. The fraction of sp³-hybridized carbons (Fsp3) is 1.00. The number of nitrogens with zero attached hydrogens (tertiary/aromatic N) is 1. The van der Waals surface area contributed by atoms with Crippen LogP contribution in [-0.4, -0.2) is 43.2 Å². The molecule has 80 valence electrons. The Hall–Kier alpha value is -0.120. The highest BCUT2D eigenvalue weighted by molar-refractivity contribution is 4.65. The molecule has 0 spiro atoms. The maximum Gasteiger partial charge on any atom is 0.0110 e. The molecule has 3 nitrogen and oxygen atoms in total. The van der Waals surface area contributed by atoms with E-state index in [9.17, 15) is 0 Å². The van der Waals surface area contributed by atoms with Crippen LogP contribution in [0.1, 0.15) is 27.7 Å². The molecule has 0 amide bonds. The van der Waals surface area contributed by atoms with E-state index in [2.05, 4.69) is 37.9 Å². The third-order valence-corrected chi connectivity index (χ3v) is 2.10. The molecular weight excluding hydrogens is 162 g/mol. The van der Waals surface area contributed by atoms with E-state index in [-0.39, 0.29) is 0 Å². The molecule has 0 unspecified atom stereocenters. The van der Waals surface area contributed by atoms with Gasteiger partial charge in [0.25, 0.3) is 0 Å². The zero-order chi connectivity index (χ0) is 10.3. The average molecular weight is 187 g/mol. The smallest absolute Gasteiger partial charge is 0.0110 e. The fourth-order valence-corrected chi connectivity index (χ4v) is 1.29. The highest BCUT2D eigenvalue weighted by Gasteiger charge is 2.07. The summed E-state index contributed by atoms with van der Waals surface area (Å²) >= 11 is 0. The van der Waals surface area contributed by atoms with Gasteiger partial charge >= 0.3 is 0 Å². The summed E-state index contributed by atoms with van der Waals surface area (Å²) in [6, 6.07) is 1.17. The van der Waals surface area contributed by atoms with E-state index in [0.29, 0.717) is 12.1 Å². The zero-order valence-corrected chi connectivity index (χ0v) is 9.51. The Morgan fingerprint density at radius 1 is 1.15 bits per heavy atom. The van der Waals surface area contributed by atoms with Gasteiger partial charge in [0, 0.05) is 38.3 Å². The van der Waals surface area contributed by atoms with E-state index in [1.807, 2.05) is 0 Å². The van der Waals surface area contributed by atoms with Gasteiger partial charge in [-0.1, -0.05) is 13.8 Å². The van der Waals surface area contributed by atoms with Gasteiger partial charge in [0.1, 0.15) is 0 Å². The van der Waals surface area contributed by atoms with E-state index < -0.39 is 0 Å². The van der Waals surface area contributed by atoms with E-state index in [4.69, 9.17) is 5.73 Å². The van der Waals surface area contributed by atoms with Crippen molar-refractivity contribution in [3.63, 3.8) is 0 Å². The first-order chi connectivity index (χ1) is 6.07. The predicted octanol–water partition coefficient (Wildman–Crippen LogP) is 0.654. The molecule has 0 radical (unpaired) electrons. The van der Waals surface area contributed by atoms with Crippen LogP contribution in [0.5, 0.6) is 0 Å². The van der Waals surface area contributed by atoms with Crippen molar-refractivity contribution in [2.24, 2.45) is 5.73 Å². The molecule has 0 aromatic rings. The van der Waals surface area contributed by atoms with Gasteiger partial charge in [-0.15, -0.1) is 0 Å². The molecule has 3 heteroatoms. The number of rotatable bonds is 7. The van der Waals surface area contributed by atoms with Crippen LogP contribution in [0.25, 0.3) is 0 Å². The molecular formula is C10H25N3. The van der Waals surface area contributed by atoms with Crippen LogP contribution in [0.3, 0.4) is 0 Å². The van der Waals surface area contributed by atoms with Crippen LogP contribution in [0, 0.1) is 0 Å². The maximum absolute atomic E-state index is 5.54. The second kappa shape index (κ2) is 7.30. The summed E-state index contributed by atoms with van der Waals surface area (Å²) in [6.45, 7) is 12.7. The molecule has 0 aromatic carbocycles. The Bertz CT molecular complexity index is 113. The van der Waals surface area contributed by atoms with Crippen LogP contribution in [0.15, 0.2) is 0 Å². The predicted molar refractivity (Wildman–Crippen MR) is 58.9 cm³/mol. The lowest BCUT2D eigenvalue weighted by molar-refractivity contribution is 0.226. The van der Waals surface area contributed by atoms with Crippen molar-refractivity contribution in [2.45, 2.75) is 39.8 Å². The Morgan fingerprint density at radius 2 is 1.77 bits per heavy atom. The molecule has 0 aliphatic carbocycles. The molecule has 0 atom stereocenters. The molecule has 13 heavy (non-hydrogen) atoms. The minimum Gasteiger partial charge on any atom is -0.329 e. The lowest BCUT2D eigenvalue weighted by atomic mass is 10.3. The second-order valence-corrected chi connectivity index (χ2v) is 4.03. The molecule has 0 aromatic heterocycles. The quantitative estimate of drug-likeness (QED) is 0.615. The zero-order valence-electron chi connectivity index (χ0n) is 9.51. The van der Waals surface area contributed by atoms with Crippen molar-refractivity contribution < 1.29 is 0 Å². The number of hydrogen-bond acceptors (Lipinski definition) is 3. The third-order valence-electron chi connectivity index (χ3n) is 2.10. The van der Waals surface area contributed by atoms with Gasteiger partial charge in [-0.2, -0.15) is 0 Å². The molecule has 3 N–H and O–H groups in total. The largest absolute Gasteiger partial charge is 0.329 e. The minimum absolute atomic E-state index is 0.576. The van der Waals surface area contributed by atoms with Crippen molar-refractivity contribution in [3.8, 4) is 0 Å². The summed E-state index contributed by atoms with van der Waals surface area (Å²) in [5, 5.41) is 3.41. The molecule has 0 fully saturated rings. The van der Waals surface area contributed by atoms with Crippen LogP contribution >= 0.6 is 0 Å². The number of hydrogen-bond donors (Lipinski definition) is 2. The monoisotopic (exact) mass is 187 g/mol. The first kappa shape index (κ1) is 12.9. The summed E-state index contributed by atoms with van der Waals surface area (Å²) < 4.78 is 0. The topological polar surface area (TPSA) is 41.3 Å². The normalized spacial score (nSPS) is 12.0. The minimum atomic E-state index is 0.576. The Kier molecular flexibility index (Phi) is 7.23.